The Bertz CT molecular complexity index is 733. The molecule has 1 saturated heterocycles. The standard InChI is InChI=1S/C22H35N5/c1-18(2)27-13-6-8-19(17-27)16-25-22(23-3)24-12-7-14-26-15-11-20-9-4-5-10-21(20)26/h4-5,9-11,15,18-19H,6-8,12-14,16-17H2,1-3H3,(H2,23,24,25). The molecule has 1 aliphatic rings. The average molecular weight is 370 g/mol. The number of aromatic nitrogens is 1. The Morgan fingerprint density at radius 2 is 2.07 bits per heavy atom. The lowest BCUT2D eigenvalue weighted by Crippen LogP contribution is -2.46. The lowest BCUT2D eigenvalue weighted by Gasteiger charge is -2.35. The summed E-state index contributed by atoms with van der Waals surface area (Å²) in [5, 5.41) is 8.30. The summed E-state index contributed by atoms with van der Waals surface area (Å²) in [5.74, 6) is 1.64. The summed E-state index contributed by atoms with van der Waals surface area (Å²) in [6.07, 6.45) is 5.88. The second kappa shape index (κ2) is 9.79. The van der Waals surface area contributed by atoms with E-state index < -0.39 is 0 Å². The molecule has 0 radical (unpaired) electrons. The zero-order valence-corrected chi connectivity index (χ0v) is 17.1. The zero-order chi connectivity index (χ0) is 19.1. The lowest BCUT2D eigenvalue weighted by molar-refractivity contribution is 0.141. The van der Waals surface area contributed by atoms with Crippen molar-refractivity contribution >= 4 is 16.9 Å². The molecule has 2 aromatic rings. The molecule has 5 nitrogen and oxygen atoms in total. The highest BCUT2D eigenvalue weighted by Gasteiger charge is 2.21. The van der Waals surface area contributed by atoms with Crippen LogP contribution < -0.4 is 10.6 Å². The summed E-state index contributed by atoms with van der Waals surface area (Å²) in [7, 11) is 1.86. The van der Waals surface area contributed by atoms with Crippen molar-refractivity contribution in [2.45, 2.75) is 45.7 Å². The van der Waals surface area contributed by atoms with Crippen LogP contribution in [0.5, 0.6) is 0 Å². The number of aryl methyl sites for hydroxylation is 1. The minimum atomic E-state index is 0.648. The van der Waals surface area contributed by atoms with Crippen molar-refractivity contribution in [3.8, 4) is 0 Å². The highest BCUT2D eigenvalue weighted by Crippen LogP contribution is 2.17. The summed E-state index contributed by atoms with van der Waals surface area (Å²) in [6, 6.07) is 11.4. The van der Waals surface area contributed by atoms with Crippen LogP contribution >= 0.6 is 0 Å². The molecule has 3 rings (SSSR count). The summed E-state index contributed by atoms with van der Waals surface area (Å²) in [6.45, 7) is 9.98. The third-order valence-electron chi connectivity index (χ3n) is 5.61. The van der Waals surface area contributed by atoms with Crippen LogP contribution in [0.15, 0.2) is 41.5 Å². The average Bonchev–Trinajstić information content (AvgIpc) is 3.11. The molecule has 2 N–H and O–H groups in total. The Labute approximate surface area is 163 Å². The smallest absolute Gasteiger partial charge is 0.190 e. The highest BCUT2D eigenvalue weighted by atomic mass is 15.2. The zero-order valence-electron chi connectivity index (χ0n) is 17.1. The third kappa shape index (κ3) is 5.48. The van der Waals surface area contributed by atoms with Crippen LogP contribution in [0.4, 0.5) is 0 Å². The van der Waals surface area contributed by atoms with E-state index in [-0.39, 0.29) is 0 Å². The predicted octanol–water partition coefficient (Wildman–Crippen LogP) is 3.32. The van der Waals surface area contributed by atoms with E-state index in [0.29, 0.717) is 12.0 Å². The van der Waals surface area contributed by atoms with Gasteiger partial charge in [-0.3, -0.25) is 4.99 Å². The third-order valence-corrected chi connectivity index (χ3v) is 5.61. The number of piperidine rings is 1. The first-order valence-electron chi connectivity index (χ1n) is 10.4. The van der Waals surface area contributed by atoms with Crippen LogP contribution in [0.2, 0.25) is 0 Å². The summed E-state index contributed by atoms with van der Waals surface area (Å²) in [4.78, 5) is 6.98. The van der Waals surface area contributed by atoms with Crippen LogP contribution in [0.3, 0.4) is 0 Å². The van der Waals surface area contributed by atoms with Gasteiger partial charge in [-0.25, -0.2) is 0 Å². The number of rotatable bonds is 7. The fourth-order valence-corrected chi connectivity index (χ4v) is 3.99. The van der Waals surface area contributed by atoms with Crippen molar-refractivity contribution in [1.29, 1.82) is 0 Å². The molecule has 0 saturated carbocycles. The van der Waals surface area contributed by atoms with E-state index in [2.05, 4.69) is 75.5 Å². The van der Waals surface area contributed by atoms with E-state index in [1.165, 1.54) is 36.8 Å². The van der Waals surface area contributed by atoms with Crippen LogP contribution in [0.1, 0.15) is 33.1 Å². The maximum Gasteiger partial charge on any atom is 0.190 e. The molecule has 1 aromatic carbocycles. The van der Waals surface area contributed by atoms with Gasteiger partial charge in [0.05, 0.1) is 0 Å². The molecule has 1 unspecified atom stereocenters. The van der Waals surface area contributed by atoms with Crippen molar-refractivity contribution in [3.05, 3.63) is 36.5 Å². The summed E-state index contributed by atoms with van der Waals surface area (Å²) >= 11 is 0. The lowest BCUT2D eigenvalue weighted by atomic mass is 9.97. The molecular formula is C22H35N5. The van der Waals surface area contributed by atoms with Gasteiger partial charge in [0.2, 0.25) is 0 Å². The quantitative estimate of drug-likeness (QED) is 0.447. The van der Waals surface area contributed by atoms with E-state index in [9.17, 15) is 0 Å². The maximum atomic E-state index is 4.39. The number of hydrogen-bond donors (Lipinski definition) is 2. The molecular weight excluding hydrogens is 334 g/mol. The number of benzene rings is 1. The van der Waals surface area contributed by atoms with Gasteiger partial charge >= 0.3 is 0 Å². The fraction of sp³-hybridized carbons (Fsp3) is 0.591. The van der Waals surface area contributed by atoms with Gasteiger partial charge in [-0.15, -0.1) is 0 Å². The molecule has 0 aliphatic carbocycles. The van der Waals surface area contributed by atoms with Crippen LogP contribution in [0.25, 0.3) is 10.9 Å². The minimum absolute atomic E-state index is 0.648. The van der Waals surface area contributed by atoms with Gasteiger partial charge in [-0.1, -0.05) is 18.2 Å². The van der Waals surface area contributed by atoms with E-state index in [1.54, 1.807) is 0 Å². The van der Waals surface area contributed by atoms with E-state index in [1.807, 2.05) is 7.05 Å². The molecule has 1 aliphatic heterocycles. The van der Waals surface area contributed by atoms with E-state index in [4.69, 9.17) is 0 Å². The van der Waals surface area contributed by atoms with Crippen molar-refractivity contribution in [3.63, 3.8) is 0 Å². The Morgan fingerprint density at radius 1 is 1.22 bits per heavy atom. The molecule has 1 fully saturated rings. The number of guanidine groups is 1. The summed E-state index contributed by atoms with van der Waals surface area (Å²) in [5.41, 5.74) is 1.31. The van der Waals surface area contributed by atoms with Crippen LogP contribution in [0, 0.1) is 5.92 Å². The van der Waals surface area contributed by atoms with Crippen LogP contribution in [-0.4, -0.2) is 54.7 Å². The number of hydrogen-bond acceptors (Lipinski definition) is 2. The molecule has 5 heteroatoms. The molecule has 0 bridgehead atoms. The molecule has 27 heavy (non-hydrogen) atoms. The van der Waals surface area contributed by atoms with Gasteiger partial charge in [0.25, 0.3) is 0 Å². The normalized spacial score (nSPS) is 19.0. The number of fused-ring (bicyclic) bond motifs is 1. The highest BCUT2D eigenvalue weighted by molar-refractivity contribution is 5.80. The monoisotopic (exact) mass is 369 g/mol. The Balaban J connectivity index is 1.38. The van der Waals surface area contributed by atoms with Gasteiger partial charge in [-0.05, 0) is 63.1 Å². The number of likely N-dealkylation sites (tertiary alicyclic amines) is 1. The molecule has 0 amide bonds. The fourth-order valence-electron chi connectivity index (χ4n) is 3.99. The summed E-state index contributed by atoms with van der Waals surface area (Å²) < 4.78 is 2.33. The SMILES string of the molecule is CN=C(NCCCn1ccc2ccccc21)NCC1CCCN(C(C)C)C1. The molecule has 1 atom stereocenters. The first-order valence-corrected chi connectivity index (χ1v) is 10.4. The van der Waals surface area contributed by atoms with Gasteiger partial charge in [0.1, 0.15) is 0 Å². The maximum absolute atomic E-state index is 4.39. The predicted molar refractivity (Wildman–Crippen MR) is 115 cm³/mol. The van der Waals surface area contributed by atoms with Crippen LogP contribution in [-0.2, 0) is 6.54 Å². The van der Waals surface area contributed by atoms with Gasteiger partial charge in [0.15, 0.2) is 5.96 Å². The number of nitrogens with one attached hydrogen (secondary N) is 2. The van der Waals surface area contributed by atoms with Crippen molar-refractivity contribution < 1.29 is 0 Å². The Hall–Kier alpha value is -2.01. The minimum Gasteiger partial charge on any atom is -0.356 e. The molecule has 0 spiro atoms. The first-order chi connectivity index (χ1) is 13.2. The molecule has 2 heterocycles. The second-order valence-electron chi connectivity index (χ2n) is 7.90. The number of nitrogens with zero attached hydrogens (tertiary/aromatic N) is 3. The van der Waals surface area contributed by atoms with Crippen molar-refractivity contribution in [1.82, 2.24) is 20.1 Å². The largest absolute Gasteiger partial charge is 0.356 e. The van der Waals surface area contributed by atoms with E-state index in [0.717, 1.165) is 32.0 Å². The van der Waals surface area contributed by atoms with Crippen molar-refractivity contribution in [2.24, 2.45) is 10.9 Å². The van der Waals surface area contributed by atoms with Gasteiger partial charge < -0.3 is 20.1 Å². The topological polar surface area (TPSA) is 44.6 Å². The number of para-hydroxylation sites is 1. The molecule has 1 aromatic heterocycles. The van der Waals surface area contributed by atoms with Crippen molar-refractivity contribution in [2.75, 3.05) is 33.2 Å². The second-order valence-corrected chi connectivity index (χ2v) is 7.90. The first kappa shape index (κ1) is 19.7. The van der Waals surface area contributed by atoms with Gasteiger partial charge in [-0.2, -0.15) is 0 Å². The number of aliphatic imine (C=N–C) groups is 1. The Kier molecular flexibility index (Phi) is 7.16. The Morgan fingerprint density at radius 3 is 2.89 bits per heavy atom. The van der Waals surface area contributed by atoms with E-state index >= 15 is 0 Å². The van der Waals surface area contributed by atoms with Gasteiger partial charge in [0, 0.05) is 51.0 Å². The molecule has 148 valence electrons.